The first-order valence-electron chi connectivity index (χ1n) is 6.67. The second-order valence-corrected chi connectivity index (χ2v) is 6.88. The average molecular weight is 295 g/mol. The molecule has 0 atom stereocenters. The minimum atomic E-state index is -0.568. The molecule has 102 valence electrons. The third-order valence-electron chi connectivity index (χ3n) is 3.66. The SMILES string of the molecule is Oc1ccc(-[s+]2c3ccccc3c3ccccc32)cc1F. The highest BCUT2D eigenvalue weighted by Crippen LogP contribution is 2.48. The van der Waals surface area contributed by atoms with Crippen LogP contribution in [-0.2, 0) is 0 Å². The molecule has 0 aliphatic heterocycles. The topological polar surface area (TPSA) is 20.2 Å². The Labute approximate surface area is 123 Å². The van der Waals surface area contributed by atoms with Crippen molar-refractivity contribution < 1.29 is 9.50 Å². The van der Waals surface area contributed by atoms with Gasteiger partial charge in [0.05, 0.1) is 0 Å². The van der Waals surface area contributed by atoms with Crippen molar-refractivity contribution in [3.63, 3.8) is 0 Å². The Morgan fingerprint density at radius 1 is 0.762 bits per heavy atom. The second kappa shape index (κ2) is 4.57. The molecular weight excluding hydrogens is 283 g/mol. The van der Waals surface area contributed by atoms with Crippen molar-refractivity contribution in [1.29, 1.82) is 0 Å². The first-order chi connectivity index (χ1) is 10.3. The maximum Gasteiger partial charge on any atom is 0.187 e. The Balaban J connectivity index is 2.17. The summed E-state index contributed by atoms with van der Waals surface area (Å²) in [5.74, 6) is -0.870. The summed E-state index contributed by atoms with van der Waals surface area (Å²) in [4.78, 5) is 0.891. The van der Waals surface area contributed by atoms with Gasteiger partial charge in [-0.3, -0.25) is 0 Å². The zero-order valence-corrected chi connectivity index (χ0v) is 11.9. The number of hydrogen-bond acceptors (Lipinski definition) is 1. The number of benzene rings is 3. The van der Waals surface area contributed by atoms with Gasteiger partial charge < -0.3 is 5.11 Å². The molecule has 3 aromatic carbocycles. The molecule has 21 heavy (non-hydrogen) atoms. The van der Waals surface area contributed by atoms with E-state index in [0.29, 0.717) is 0 Å². The number of halogens is 1. The van der Waals surface area contributed by atoms with Gasteiger partial charge in [-0.2, -0.15) is 0 Å². The fourth-order valence-electron chi connectivity index (χ4n) is 2.72. The molecule has 3 heteroatoms. The molecule has 1 nitrogen and oxygen atoms in total. The van der Waals surface area contributed by atoms with Crippen LogP contribution in [0.4, 0.5) is 4.39 Å². The summed E-state index contributed by atoms with van der Waals surface area (Å²) in [6.45, 7) is 0. The van der Waals surface area contributed by atoms with Crippen LogP contribution in [0.2, 0.25) is 0 Å². The molecule has 0 saturated carbocycles. The van der Waals surface area contributed by atoms with Gasteiger partial charge in [-0.15, -0.1) is 0 Å². The van der Waals surface area contributed by atoms with Crippen molar-refractivity contribution in [1.82, 2.24) is 0 Å². The van der Waals surface area contributed by atoms with Gasteiger partial charge in [0.1, 0.15) is 0 Å². The number of aromatic hydroxyl groups is 1. The van der Waals surface area contributed by atoms with E-state index in [9.17, 15) is 9.50 Å². The quantitative estimate of drug-likeness (QED) is 0.455. The van der Waals surface area contributed by atoms with Crippen LogP contribution in [0.15, 0.2) is 66.7 Å². The minimum absolute atomic E-state index is 0.303. The highest BCUT2D eigenvalue weighted by molar-refractivity contribution is 7.50. The molecular formula is C18H12FOS+. The van der Waals surface area contributed by atoms with Crippen LogP contribution in [0.3, 0.4) is 0 Å². The summed E-state index contributed by atoms with van der Waals surface area (Å²) in [5, 5.41) is 11.8. The summed E-state index contributed by atoms with van der Waals surface area (Å²) in [6.07, 6.45) is 0. The lowest BCUT2D eigenvalue weighted by molar-refractivity contribution is 0.433. The number of rotatable bonds is 1. The van der Waals surface area contributed by atoms with Gasteiger partial charge in [0.15, 0.2) is 25.9 Å². The Morgan fingerprint density at radius 2 is 1.33 bits per heavy atom. The summed E-state index contributed by atoms with van der Waals surface area (Å²) in [7, 11) is -0.310. The van der Waals surface area contributed by atoms with Crippen LogP contribution >= 0.6 is 10.5 Å². The van der Waals surface area contributed by atoms with Crippen molar-refractivity contribution in [2.24, 2.45) is 0 Å². The molecule has 1 N–H and O–H groups in total. The molecule has 1 aromatic heterocycles. The molecule has 0 fully saturated rings. The standard InChI is InChI=1S/C18H11FOS/c19-15-11-12(9-10-16(15)20)21-17-7-3-1-5-13(17)14-6-2-4-8-18(14)21/h1-11H/p+1. The fraction of sp³-hybridized carbons (Fsp3) is 0. The Bertz CT molecular complexity index is 918. The number of phenolic OH excluding ortho intramolecular Hbond substituents is 1. The molecule has 4 rings (SSSR count). The van der Waals surface area contributed by atoms with E-state index in [0.717, 1.165) is 4.90 Å². The van der Waals surface area contributed by atoms with Gasteiger partial charge in [-0.1, -0.05) is 24.3 Å². The zero-order chi connectivity index (χ0) is 14.4. The van der Waals surface area contributed by atoms with E-state index in [1.807, 2.05) is 24.3 Å². The lowest BCUT2D eigenvalue weighted by Gasteiger charge is -1.96. The molecule has 0 bridgehead atoms. The molecule has 4 aromatic rings. The van der Waals surface area contributed by atoms with E-state index in [1.165, 1.54) is 32.3 Å². The largest absolute Gasteiger partial charge is 0.505 e. The maximum absolute atomic E-state index is 13.7. The van der Waals surface area contributed by atoms with Crippen molar-refractivity contribution in [3.05, 3.63) is 72.5 Å². The van der Waals surface area contributed by atoms with E-state index in [4.69, 9.17) is 0 Å². The molecule has 0 aliphatic carbocycles. The first kappa shape index (κ1) is 12.4. The summed E-state index contributed by atoms with van der Waals surface area (Å²) >= 11 is 0. The van der Waals surface area contributed by atoms with Crippen LogP contribution in [0, 0.1) is 5.82 Å². The summed E-state index contributed by atoms with van der Waals surface area (Å²) < 4.78 is 16.2. The van der Waals surface area contributed by atoms with Gasteiger partial charge in [0.2, 0.25) is 0 Å². The number of hydrogen-bond donors (Lipinski definition) is 1. The van der Waals surface area contributed by atoms with Gasteiger partial charge >= 0.3 is 0 Å². The van der Waals surface area contributed by atoms with E-state index >= 15 is 0 Å². The maximum atomic E-state index is 13.7. The summed E-state index contributed by atoms with van der Waals surface area (Å²) in [5.41, 5.74) is 0. The minimum Gasteiger partial charge on any atom is -0.505 e. The molecule has 0 aliphatic rings. The first-order valence-corrected chi connectivity index (χ1v) is 7.89. The van der Waals surface area contributed by atoms with E-state index in [-0.39, 0.29) is 16.2 Å². The normalized spacial score (nSPS) is 11.3. The lowest BCUT2D eigenvalue weighted by atomic mass is 10.2. The third kappa shape index (κ3) is 1.82. The van der Waals surface area contributed by atoms with Crippen molar-refractivity contribution in [2.45, 2.75) is 0 Å². The lowest BCUT2D eigenvalue weighted by Crippen LogP contribution is -1.77. The number of phenols is 1. The van der Waals surface area contributed by atoms with E-state index < -0.39 is 5.82 Å². The highest BCUT2D eigenvalue weighted by Gasteiger charge is 2.23. The van der Waals surface area contributed by atoms with Crippen LogP contribution in [0.1, 0.15) is 0 Å². The van der Waals surface area contributed by atoms with Crippen molar-refractivity contribution in [2.75, 3.05) is 0 Å². The van der Waals surface area contributed by atoms with Crippen LogP contribution in [0.25, 0.3) is 25.1 Å². The predicted octanol–water partition coefficient (Wildman–Crippen LogP) is 5.58. The molecule has 0 amide bonds. The van der Waals surface area contributed by atoms with Gasteiger partial charge in [-0.25, -0.2) is 4.39 Å². The van der Waals surface area contributed by atoms with Crippen LogP contribution in [0.5, 0.6) is 5.75 Å². The molecule has 0 spiro atoms. The number of thiophene rings is 1. The Morgan fingerprint density at radius 3 is 1.90 bits per heavy atom. The number of fused-ring (bicyclic) bond motifs is 3. The Hall–Kier alpha value is -2.39. The van der Waals surface area contributed by atoms with Crippen LogP contribution < -0.4 is 0 Å². The molecule has 1 heterocycles. The average Bonchev–Trinajstić information content (AvgIpc) is 2.85. The van der Waals surface area contributed by atoms with Gasteiger partial charge in [-0.05, 0) is 30.3 Å². The highest BCUT2D eigenvalue weighted by atomic mass is 32.2. The van der Waals surface area contributed by atoms with Crippen molar-refractivity contribution in [3.8, 4) is 10.6 Å². The van der Waals surface area contributed by atoms with E-state index in [1.54, 1.807) is 6.07 Å². The second-order valence-electron chi connectivity index (χ2n) is 4.91. The Kier molecular flexibility index (Phi) is 2.69. The van der Waals surface area contributed by atoms with E-state index in [2.05, 4.69) is 24.3 Å². The predicted molar refractivity (Wildman–Crippen MR) is 86.9 cm³/mol. The fourth-order valence-corrected chi connectivity index (χ4v) is 5.12. The molecule has 0 saturated heterocycles. The van der Waals surface area contributed by atoms with Crippen molar-refractivity contribution >= 4 is 30.6 Å². The molecule has 0 unspecified atom stereocenters. The smallest absolute Gasteiger partial charge is 0.187 e. The molecule has 0 radical (unpaired) electrons. The summed E-state index contributed by atoms with van der Waals surface area (Å²) in [6, 6.07) is 21.2. The monoisotopic (exact) mass is 295 g/mol. The zero-order valence-electron chi connectivity index (χ0n) is 11.1. The van der Waals surface area contributed by atoms with Gasteiger partial charge in [0, 0.05) is 33.4 Å². The van der Waals surface area contributed by atoms with Gasteiger partial charge in [0.25, 0.3) is 0 Å². The van der Waals surface area contributed by atoms with Crippen LogP contribution in [-0.4, -0.2) is 5.11 Å². The third-order valence-corrected chi connectivity index (χ3v) is 5.98.